The lowest BCUT2D eigenvalue weighted by Gasteiger charge is -2.12. The molecule has 0 saturated carbocycles. The number of sulfonamides is 1. The first-order valence-corrected chi connectivity index (χ1v) is 12.6. The van der Waals surface area contributed by atoms with Gasteiger partial charge < -0.3 is 9.15 Å². The maximum Gasteiger partial charge on any atom is 0.342 e. The fourth-order valence-electron chi connectivity index (χ4n) is 3.99. The maximum atomic E-state index is 13.2. The Labute approximate surface area is 193 Å². The van der Waals surface area contributed by atoms with Crippen LogP contribution in [0.1, 0.15) is 48.9 Å². The van der Waals surface area contributed by atoms with Gasteiger partial charge in [0.05, 0.1) is 17.2 Å². The van der Waals surface area contributed by atoms with Crippen LogP contribution in [0.2, 0.25) is 0 Å². The number of hydrogen-bond donors (Lipinski definition) is 1. The summed E-state index contributed by atoms with van der Waals surface area (Å²) in [6.07, 6.45) is 2.19. The summed E-state index contributed by atoms with van der Waals surface area (Å²) in [6, 6.07) is 15.9. The van der Waals surface area contributed by atoms with Crippen LogP contribution in [0.3, 0.4) is 0 Å². The van der Waals surface area contributed by atoms with Crippen molar-refractivity contribution in [2.75, 3.05) is 11.3 Å². The number of nitrogens with one attached hydrogen (secondary N) is 1. The Kier molecular flexibility index (Phi) is 6.42. The van der Waals surface area contributed by atoms with Gasteiger partial charge in [-0.3, -0.25) is 4.72 Å². The third kappa shape index (κ3) is 4.33. The molecule has 1 heterocycles. The monoisotopic (exact) mass is 465 g/mol. The van der Waals surface area contributed by atoms with Gasteiger partial charge in [-0.05, 0) is 43.5 Å². The second kappa shape index (κ2) is 9.27. The number of hydrogen-bond acceptors (Lipinski definition) is 5. The van der Waals surface area contributed by atoms with E-state index in [4.69, 9.17) is 9.15 Å². The number of carbonyl (C=O) groups excluding carboxylic acids is 1. The van der Waals surface area contributed by atoms with Crippen molar-refractivity contribution in [3.8, 4) is 0 Å². The van der Waals surface area contributed by atoms with E-state index in [9.17, 15) is 13.2 Å². The molecule has 0 aliphatic heterocycles. The highest BCUT2D eigenvalue weighted by Crippen LogP contribution is 2.38. The molecule has 0 spiro atoms. The molecule has 6 nitrogen and oxygen atoms in total. The van der Waals surface area contributed by atoms with E-state index in [1.54, 1.807) is 25.1 Å². The highest BCUT2D eigenvalue weighted by atomic mass is 32.2. The van der Waals surface area contributed by atoms with Crippen molar-refractivity contribution >= 4 is 43.4 Å². The van der Waals surface area contributed by atoms with Gasteiger partial charge in [0, 0.05) is 22.6 Å². The Balaban J connectivity index is 1.91. The van der Waals surface area contributed by atoms with Crippen molar-refractivity contribution in [1.82, 2.24) is 0 Å². The zero-order valence-corrected chi connectivity index (χ0v) is 19.8. The molecular formula is C26H27NO5S. The van der Waals surface area contributed by atoms with Gasteiger partial charge in [0.15, 0.2) is 0 Å². The SMILES string of the molecule is CCCc1oc2c(cc(NS(=O)(=O)c3ccc(CC)cc3)c3ccccc32)c1C(=O)OCC. The molecule has 0 bridgehead atoms. The van der Waals surface area contributed by atoms with Crippen molar-refractivity contribution in [2.45, 2.75) is 44.9 Å². The number of rotatable bonds is 8. The average Bonchev–Trinajstić information content (AvgIpc) is 3.17. The molecule has 0 radical (unpaired) electrons. The highest BCUT2D eigenvalue weighted by molar-refractivity contribution is 7.92. The fraction of sp³-hybridized carbons (Fsp3) is 0.269. The van der Waals surface area contributed by atoms with Crippen molar-refractivity contribution in [1.29, 1.82) is 0 Å². The molecule has 172 valence electrons. The van der Waals surface area contributed by atoms with Crippen LogP contribution in [0.5, 0.6) is 0 Å². The molecule has 33 heavy (non-hydrogen) atoms. The van der Waals surface area contributed by atoms with Gasteiger partial charge in [0.1, 0.15) is 16.9 Å². The first kappa shape index (κ1) is 22.9. The lowest BCUT2D eigenvalue weighted by atomic mass is 10.0. The molecule has 0 unspecified atom stereocenters. The van der Waals surface area contributed by atoms with E-state index in [1.165, 1.54) is 0 Å². The van der Waals surface area contributed by atoms with Gasteiger partial charge in [0.2, 0.25) is 0 Å². The molecule has 1 N–H and O–H groups in total. The van der Waals surface area contributed by atoms with Crippen LogP contribution >= 0.6 is 0 Å². The Morgan fingerprint density at radius 1 is 0.970 bits per heavy atom. The normalized spacial score (nSPS) is 11.7. The second-order valence-electron chi connectivity index (χ2n) is 7.82. The number of aryl methyl sites for hydroxylation is 2. The van der Waals surface area contributed by atoms with Crippen LogP contribution in [0.25, 0.3) is 21.7 Å². The molecule has 0 aliphatic carbocycles. The standard InChI is InChI=1S/C26H27NO5S/c1-4-9-23-24(26(28)31-6-3)21-16-22(19-10-7-8-11-20(19)25(21)32-23)27-33(29,30)18-14-12-17(5-2)13-15-18/h7-8,10-16,27H,4-6,9H2,1-3H3. The molecule has 7 heteroatoms. The lowest BCUT2D eigenvalue weighted by molar-refractivity contribution is 0.0526. The zero-order chi connectivity index (χ0) is 23.6. The zero-order valence-electron chi connectivity index (χ0n) is 19.0. The highest BCUT2D eigenvalue weighted by Gasteiger charge is 2.25. The number of anilines is 1. The Morgan fingerprint density at radius 2 is 1.67 bits per heavy atom. The Morgan fingerprint density at radius 3 is 2.30 bits per heavy atom. The minimum absolute atomic E-state index is 0.174. The molecule has 0 amide bonds. The number of benzene rings is 3. The first-order valence-electron chi connectivity index (χ1n) is 11.2. The number of esters is 1. The van der Waals surface area contributed by atoms with E-state index in [-0.39, 0.29) is 11.5 Å². The average molecular weight is 466 g/mol. The van der Waals surface area contributed by atoms with Crippen molar-refractivity contribution in [3.05, 3.63) is 71.5 Å². The van der Waals surface area contributed by atoms with E-state index >= 15 is 0 Å². The molecule has 0 fully saturated rings. The topological polar surface area (TPSA) is 85.6 Å². The summed E-state index contributed by atoms with van der Waals surface area (Å²) in [5.74, 6) is 0.0743. The van der Waals surface area contributed by atoms with E-state index in [2.05, 4.69) is 4.72 Å². The van der Waals surface area contributed by atoms with E-state index in [0.29, 0.717) is 39.8 Å². The maximum absolute atomic E-state index is 13.2. The largest absolute Gasteiger partial charge is 0.462 e. The predicted molar refractivity (Wildman–Crippen MR) is 130 cm³/mol. The molecule has 0 atom stereocenters. The van der Waals surface area contributed by atoms with Crippen LogP contribution in [-0.4, -0.2) is 21.0 Å². The number of carbonyl (C=O) groups is 1. The minimum Gasteiger partial charge on any atom is -0.462 e. The second-order valence-corrected chi connectivity index (χ2v) is 9.50. The summed E-state index contributed by atoms with van der Waals surface area (Å²) >= 11 is 0. The van der Waals surface area contributed by atoms with Gasteiger partial charge in [-0.1, -0.05) is 50.2 Å². The quantitative estimate of drug-likeness (QED) is 0.319. The molecule has 3 aromatic carbocycles. The number of furan rings is 1. The molecule has 1 aromatic heterocycles. The van der Waals surface area contributed by atoms with Gasteiger partial charge in [-0.15, -0.1) is 0 Å². The van der Waals surface area contributed by atoms with Crippen LogP contribution in [0.4, 0.5) is 5.69 Å². The van der Waals surface area contributed by atoms with Crippen molar-refractivity contribution in [3.63, 3.8) is 0 Å². The predicted octanol–water partition coefficient (Wildman–Crippen LogP) is 6.08. The summed E-state index contributed by atoms with van der Waals surface area (Å²) in [4.78, 5) is 13.0. The Hall–Kier alpha value is -3.32. The smallest absolute Gasteiger partial charge is 0.342 e. The minimum atomic E-state index is -3.84. The summed E-state index contributed by atoms with van der Waals surface area (Å²) in [7, 11) is -3.84. The molecule has 4 aromatic rings. The van der Waals surface area contributed by atoms with Crippen molar-refractivity contribution in [2.24, 2.45) is 0 Å². The fourth-order valence-corrected chi connectivity index (χ4v) is 5.06. The molecular weight excluding hydrogens is 438 g/mol. The van der Waals surface area contributed by atoms with E-state index < -0.39 is 16.0 Å². The van der Waals surface area contributed by atoms with Crippen LogP contribution in [0.15, 0.2) is 63.9 Å². The first-order chi connectivity index (χ1) is 15.9. The van der Waals surface area contributed by atoms with Crippen LogP contribution in [0, 0.1) is 0 Å². The number of ether oxygens (including phenoxy) is 1. The number of fused-ring (bicyclic) bond motifs is 3. The van der Waals surface area contributed by atoms with E-state index in [1.807, 2.05) is 50.2 Å². The summed E-state index contributed by atoms with van der Waals surface area (Å²) in [6.45, 7) is 6.00. The van der Waals surface area contributed by atoms with Gasteiger partial charge in [-0.2, -0.15) is 0 Å². The molecule has 0 aliphatic rings. The van der Waals surface area contributed by atoms with Gasteiger partial charge >= 0.3 is 5.97 Å². The molecule has 0 saturated heterocycles. The van der Waals surface area contributed by atoms with Gasteiger partial charge in [-0.25, -0.2) is 13.2 Å². The summed E-state index contributed by atoms with van der Waals surface area (Å²) in [5.41, 5.74) is 2.34. The Bertz CT molecular complexity index is 1420. The third-order valence-corrected chi connectivity index (χ3v) is 6.99. The lowest BCUT2D eigenvalue weighted by Crippen LogP contribution is -2.13. The van der Waals surface area contributed by atoms with Crippen LogP contribution in [-0.2, 0) is 27.6 Å². The third-order valence-electron chi connectivity index (χ3n) is 5.61. The summed E-state index contributed by atoms with van der Waals surface area (Å²) in [5, 5.41) is 1.95. The van der Waals surface area contributed by atoms with Crippen molar-refractivity contribution < 1.29 is 22.4 Å². The van der Waals surface area contributed by atoms with Gasteiger partial charge in [0.25, 0.3) is 10.0 Å². The molecule has 4 rings (SSSR count). The van der Waals surface area contributed by atoms with Crippen LogP contribution < -0.4 is 4.72 Å². The summed E-state index contributed by atoms with van der Waals surface area (Å²) < 4.78 is 40.5. The van der Waals surface area contributed by atoms with E-state index in [0.717, 1.165) is 23.8 Å².